The maximum Gasteiger partial charge on any atom is 0.240 e. The van der Waals surface area contributed by atoms with Gasteiger partial charge in [-0.1, -0.05) is 18.9 Å². The molecule has 3 N–H and O–H groups in total. The second-order valence-corrected chi connectivity index (χ2v) is 6.88. The largest absolute Gasteiger partial charge is 0.381 e. The molecule has 0 atom stereocenters. The molecule has 0 aliphatic carbocycles. The third kappa shape index (κ3) is 4.24. The number of pyridine rings is 1. The van der Waals surface area contributed by atoms with Crippen molar-refractivity contribution < 1.29 is 9.53 Å². The molecular weight excluding hydrogens is 304 g/mol. The number of carbonyl (C=O) groups excluding carboxylic acids is 1. The summed E-state index contributed by atoms with van der Waals surface area (Å²) >= 11 is 0. The van der Waals surface area contributed by atoms with Crippen LogP contribution in [0.1, 0.15) is 44.1 Å². The highest BCUT2D eigenvalue weighted by Gasteiger charge is 2.35. The summed E-state index contributed by atoms with van der Waals surface area (Å²) in [5.74, 6) is 0.939. The molecule has 24 heavy (non-hydrogen) atoms. The number of nitrogens with two attached hydrogens (primary N) is 1. The Balaban J connectivity index is 1.53. The Hall–Kier alpha value is -1.66. The van der Waals surface area contributed by atoms with E-state index >= 15 is 0 Å². The summed E-state index contributed by atoms with van der Waals surface area (Å²) in [5.41, 5.74) is 6.39. The Bertz CT molecular complexity index is 532. The molecule has 2 saturated heterocycles. The van der Waals surface area contributed by atoms with Crippen molar-refractivity contribution in [1.82, 2.24) is 10.3 Å². The molecule has 6 heteroatoms. The summed E-state index contributed by atoms with van der Waals surface area (Å²) in [6, 6.07) is 4.10. The summed E-state index contributed by atoms with van der Waals surface area (Å²) < 4.78 is 5.28. The number of nitrogens with one attached hydrogen (secondary N) is 1. The Morgan fingerprint density at radius 2 is 1.92 bits per heavy atom. The Morgan fingerprint density at radius 3 is 2.54 bits per heavy atom. The van der Waals surface area contributed by atoms with E-state index in [1.807, 2.05) is 12.3 Å². The number of anilines is 1. The average molecular weight is 332 g/mol. The second-order valence-electron chi connectivity index (χ2n) is 6.88. The molecule has 3 rings (SSSR count). The van der Waals surface area contributed by atoms with E-state index in [4.69, 9.17) is 10.5 Å². The zero-order valence-electron chi connectivity index (χ0n) is 14.3. The number of hydrogen-bond acceptors (Lipinski definition) is 5. The molecule has 1 aromatic rings. The van der Waals surface area contributed by atoms with E-state index in [0.29, 0.717) is 32.6 Å². The first-order valence-corrected chi connectivity index (χ1v) is 9.02. The van der Waals surface area contributed by atoms with Gasteiger partial charge in [-0.2, -0.15) is 0 Å². The molecule has 2 aliphatic rings. The average Bonchev–Trinajstić information content (AvgIpc) is 2.90. The third-order valence-electron chi connectivity index (χ3n) is 5.03. The zero-order valence-corrected chi connectivity index (χ0v) is 14.3. The third-order valence-corrected chi connectivity index (χ3v) is 5.03. The zero-order chi connectivity index (χ0) is 16.8. The minimum absolute atomic E-state index is 0.0950. The van der Waals surface area contributed by atoms with Gasteiger partial charge in [-0.15, -0.1) is 0 Å². The number of amides is 1. The molecule has 0 bridgehead atoms. The van der Waals surface area contributed by atoms with Crippen LogP contribution in [0.25, 0.3) is 0 Å². The molecule has 2 fully saturated rings. The maximum atomic E-state index is 12.3. The molecule has 1 aromatic heterocycles. The fraction of sp³-hybridized carbons (Fsp3) is 0.667. The van der Waals surface area contributed by atoms with Crippen LogP contribution in [0.2, 0.25) is 0 Å². The lowest BCUT2D eigenvalue weighted by molar-refractivity contribution is -0.129. The van der Waals surface area contributed by atoms with E-state index in [0.717, 1.165) is 24.5 Å². The van der Waals surface area contributed by atoms with E-state index in [9.17, 15) is 4.79 Å². The summed E-state index contributed by atoms with van der Waals surface area (Å²) in [6.45, 7) is 3.74. The highest BCUT2D eigenvalue weighted by molar-refractivity contribution is 5.86. The lowest BCUT2D eigenvalue weighted by atomic mass is 9.90. The van der Waals surface area contributed by atoms with Crippen molar-refractivity contribution in [1.29, 1.82) is 0 Å². The van der Waals surface area contributed by atoms with Gasteiger partial charge in [0.1, 0.15) is 5.82 Å². The van der Waals surface area contributed by atoms with Gasteiger partial charge < -0.3 is 20.7 Å². The quantitative estimate of drug-likeness (QED) is 0.875. The fourth-order valence-electron chi connectivity index (χ4n) is 3.33. The van der Waals surface area contributed by atoms with Gasteiger partial charge in [-0.05, 0) is 37.3 Å². The van der Waals surface area contributed by atoms with Gasteiger partial charge in [0, 0.05) is 39.0 Å². The molecule has 1 amide bonds. The standard InChI is InChI=1S/C18H28N4O2/c19-18(7-11-24-12-8-18)17(23)21-14-15-5-6-16(20-13-15)22-9-3-1-2-4-10-22/h5-6,13H,1-4,7-12,14,19H2,(H,21,23). The van der Waals surface area contributed by atoms with Crippen LogP contribution in [0.5, 0.6) is 0 Å². The smallest absolute Gasteiger partial charge is 0.240 e. The highest BCUT2D eigenvalue weighted by atomic mass is 16.5. The van der Waals surface area contributed by atoms with Gasteiger partial charge in [-0.3, -0.25) is 4.79 Å². The Morgan fingerprint density at radius 1 is 1.21 bits per heavy atom. The van der Waals surface area contributed by atoms with Gasteiger partial charge >= 0.3 is 0 Å². The van der Waals surface area contributed by atoms with Crippen LogP contribution in [0.15, 0.2) is 18.3 Å². The summed E-state index contributed by atoms with van der Waals surface area (Å²) in [5, 5.41) is 2.95. The van der Waals surface area contributed by atoms with Gasteiger partial charge in [-0.25, -0.2) is 4.98 Å². The minimum Gasteiger partial charge on any atom is -0.381 e. The lowest BCUT2D eigenvalue weighted by Gasteiger charge is -2.31. The van der Waals surface area contributed by atoms with Crippen LogP contribution < -0.4 is 16.0 Å². The van der Waals surface area contributed by atoms with E-state index in [1.165, 1.54) is 25.7 Å². The molecule has 132 valence electrons. The molecule has 0 saturated carbocycles. The number of nitrogens with zero attached hydrogens (tertiary/aromatic N) is 2. The van der Waals surface area contributed by atoms with Crippen molar-refractivity contribution in [2.24, 2.45) is 5.73 Å². The summed E-state index contributed by atoms with van der Waals surface area (Å²) in [7, 11) is 0. The van der Waals surface area contributed by atoms with Gasteiger partial charge in [0.2, 0.25) is 5.91 Å². The lowest BCUT2D eigenvalue weighted by Crippen LogP contribution is -2.56. The van der Waals surface area contributed by atoms with Crippen LogP contribution in [0, 0.1) is 0 Å². The SMILES string of the molecule is NC1(C(=O)NCc2ccc(N3CCCCCC3)nc2)CCOCC1. The second kappa shape index (κ2) is 7.94. The van der Waals surface area contributed by atoms with Crippen LogP contribution in [-0.2, 0) is 16.1 Å². The van der Waals surface area contributed by atoms with Crippen molar-refractivity contribution >= 4 is 11.7 Å². The predicted molar refractivity (Wildman–Crippen MR) is 93.7 cm³/mol. The van der Waals surface area contributed by atoms with Crippen molar-refractivity contribution in [3.63, 3.8) is 0 Å². The number of ether oxygens (including phenoxy) is 1. The van der Waals surface area contributed by atoms with Crippen LogP contribution in [0.3, 0.4) is 0 Å². The molecule has 0 spiro atoms. The fourth-order valence-corrected chi connectivity index (χ4v) is 3.33. The first-order chi connectivity index (χ1) is 11.7. The predicted octanol–water partition coefficient (Wildman–Crippen LogP) is 1.59. The first kappa shape index (κ1) is 17.2. The van der Waals surface area contributed by atoms with Gasteiger partial charge in [0.15, 0.2) is 0 Å². The Kier molecular flexibility index (Phi) is 5.68. The van der Waals surface area contributed by atoms with Crippen LogP contribution in [0.4, 0.5) is 5.82 Å². The maximum absolute atomic E-state index is 12.3. The van der Waals surface area contributed by atoms with Crippen molar-refractivity contribution in [2.75, 3.05) is 31.2 Å². The molecule has 6 nitrogen and oxygen atoms in total. The van der Waals surface area contributed by atoms with E-state index in [2.05, 4.69) is 21.3 Å². The Labute approximate surface area is 143 Å². The number of hydrogen-bond donors (Lipinski definition) is 2. The number of carbonyl (C=O) groups is 1. The van der Waals surface area contributed by atoms with Crippen LogP contribution >= 0.6 is 0 Å². The molecule has 0 radical (unpaired) electrons. The van der Waals surface area contributed by atoms with Crippen molar-refractivity contribution in [3.05, 3.63) is 23.9 Å². The number of rotatable bonds is 4. The van der Waals surface area contributed by atoms with E-state index in [-0.39, 0.29) is 5.91 Å². The molecule has 3 heterocycles. The van der Waals surface area contributed by atoms with Crippen LogP contribution in [-0.4, -0.2) is 42.7 Å². The minimum atomic E-state index is -0.794. The van der Waals surface area contributed by atoms with E-state index in [1.54, 1.807) is 0 Å². The monoisotopic (exact) mass is 332 g/mol. The van der Waals surface area contributed by atoms with Gasteiger partial charge in [0.25, 0.3) is 0 Å². The van der Waals surface area contributed by atoms with E-state index < -0.39 is 5.54 Å². The van der Waals surface area contributed by atoms with Crippen molar-refractivity contribution in [3.8, 4) is 0 Å². The molecule has 0 aromatic carbocycles. The highest BCUT2D eigenvalue weighted by Crippen LogP contribution is 2.19. The number of aromatic nitrogens is 1. The summed E-state index contributed by atoms with van der Waals surface area (Å²) in [6.07, 6.45) is 8.10. The first-order valence-electron chi connectivity index (χ1n) is 9.02. The summed E-state index contributed by atoms with van der Waals surface area (Å²) in [4.78, 5) is 19.3. The topological polar surface area (TPSA) is 80.5 Å². The van der Waals surface area contributed by atoms with Crippen molar-refractivity contribution in [2.45, 2.75) is 50.6 Å². The van der Waals surface area contributed by atoms with Gasteiger partial charge in [0.05, 0.1) is 5.54 Å². The molecule has 0 unspecified atom stereocenters. The molecular formula is C18H28N4O2. The normalized spacial score (nSPS) is 21.1. The molecule has 2 aliphatic heterocycles.